The predicted octanol–water partition coefficient (Wildman–Crippen LogP) is 2.64. The highest BCUT2D eigenvalue weighted by atomic mass is 16.3. The maximum absolute atomic E-state index is 9.65. The van der Waals surface area contributed by atoms with Crippen molar-refractivity contribution in [2.75, 3.05) is 19.6 Å². The molecule has 0 bridgehead atoms. The smallest absolute Gasteiger partial charge is 0.0664 e. The van der Waals surface area contributed by atoms with Gasteiger partial charge in [0.15, 0.2) is 0 Å². The van der Waals surface area contributed by atoms with Crippen molar-refractivity contribution < 1.29 is 5.11 Å². The summed E-state index contributed by atoms with van der Waals surface area (Å²) in [7, 11) is 0. The van der Waals surface area contributed by atoms with Crippen LogP contribution in [0.15, 0.2) is 30.3 Å². The van der Waals surface area contributed by atoms with Crippen LogP contribution in [-0.4, -0.2) is 35.7 Å². The van der Waals surface area contributed by atoms with Crippen molar-refractivity contribution in [3.63, 3.8) is 0 Å². The lowest BCUT2D eigenvalue weighted by Crippen LogP contribution is -2.38. The van der Waals surface area contributed by atoms with Gasteiger partial charge in [0.2, 0.25) is 0 Å². The fraction of sp³-hybridized carbons (Fsp3) is 0.600. The normalized spacial score (nSPS) is 20.4. The third-order valence-corrected chi connectivity index (χ3v) is 3.80. The second-order valence-corrected chi connectivity index (χ2v) is 5.05. The largest absolute Gasteiger partial charge is 0.392 e. The number of benzene rings is 1. The Kier molecular flexibility index (Phi) is 4.57. The molecule has 17 heavy (non-hydrogen) atoms. The molecule has 2 heteroatoms. The van der Waals surface area contributed by atoms with Gasteiger partial charge < -0.3 is 10.0 Å². The van der Waals surface area contributed by atoms with Gasteiger partial charge in [-0.2, -0.15) is 0 Å². The molecule has 0 spiro atoms. The fourth-order valence-electron chi connectivity index (χ4n) is 2.60. The average Bonchev–Trinajstić information content (AvgIpc) is 2.40. The summed E-state index contributed by atoms with van der Waals surface area (Å²) in [5.74, 6) is 0.714. The Balaban J connectivity index is 1.82. The highest BCUT2D eigenvalue weighted by Crippen LogP contribution is 2.27. The monoisotopic (exact) mass is 233 g/mol. The molecule has 1 N–H and O–H groups in total. The van der Waals surface area contributed by atoms with E-state index in [1.54, 1.807) is 0 Å². The SMILES string of the molecule is CCC(O)CN1CCC(c2ccccc2)CC1. The average molecular weight is 233 g/mol. The standard InChI is InChI=1S/C15H23NO/c1-2-15(17)12-16-10-8-14(9-11-16)13-6-4-3-5-7-13/h3-7,14-15,17H,2,8-12H2,1H3. The lowest BCUT2D eigenvalue weighted by molar-refractivity contribution is 0.0944. The van der Waals surface area contributed by atoms with Gasteiger partial charge in [0.1, 0.15) is 0 Å². The van der Waals surface area contributed by atoms with E-state index in [-0.39, 0.29) is 6.10 Å². The second kappa shape index (κ2) is 6.18. The van der Waals surface area contributed by atoms with Gasteiger partial charge in [-0.1, -0.05) is 37.3 Å². The van der Waals surface area contributed by atoms with E-state index in [1.165, 1.54) is 18.4 Å². The Hall–Kier alpha value is -0.860. The molecule has 0 aromatic heterocycles. The van der Waals surface area contributed by atoms with Crippen LogP contribution in [0.4, 0.5) is 0 Å². The first-order valence-corrected chi connectivity index (χ1v) is 6.75. The molecule has 0 saturated carbocycles. The van der Waals surface area contributed by atoms with Gasteiger partial charge in [-0.3, -0.25) is 0 Å². The number of likely N-dealkylation sites (tertiary alicyclic amines) is 1. The molecule has 1 aromatic carbocycles. The van der Waals surface area contributed by atoms with E-state index in [1.807, 2.05) is 6.92 Å². The van der Waals surface area contributed by atoms with Crippen LogP contribution in [0.2, 0.25) is 0 Å². The molecule has 1 aliphatic heterocycles. The molecule has 1 unspecified atom stereocenters. The Morgan fingerprint density at radius 1 is 1.24 bits per heavy atom. The molecule has 2 nitrogen and oxygen atoms in total. The van der Waals surface area contributed by atoms with E-state index in [0.29, 0.717) is 5.92 Å². The first-order chi connectivity index (χ1) is 8.29. The predicted molar refractivity (Wildman–Crippen MR) is 71.2 cm³/mol. The van der Waals surface area contributed by atoms with Crippen LogP contribution < -0.4 is 0 Å². The Morgan fingerprint density at radius 3 is 2.47 bits per heavy atom. The summed E-state index contributed by atoms with van der Waals surface area (Å²) in [4.78, 5) is 2.40. The van der Waals surface area contributed by atoms with Gasteiger partial charge in [0.25, 0.3) is 0 Å². The van der Waals surface area contributed by atoms with E-state index in [2.05, 4.69) is 35.2 Å². The van der Waals surface area contributed by atoms with Crippen molar-refractivity contribution >= 4 is 0 Å². The zero-order valence-electron chi connectivity index (χ0n) is 10.7. The van der Waals surface area contributed by atoms with Gasteiger partial charge in [0.05, 0.1) is 6.10 Å². The van der Waals surface area contributed by atoms with Crippen molar-refractivity contribution in [3.05, 3.63) is 35.9 Å². The number of β-amino-alcohol motifs (C(OH)–C–C–N with tert-alkyl or cyclic N) is 1. The highest BCUT2D eigenvalue weighted by Gasteiger charge is 2.21. The third-order valence-electron chi connectivity index (χ3n) is 3.80. The lowest BCUT2D eigenvalue weighted by atomic mass is 9.89. The minimum absolute atomic E-state index is 0.150. The van der Waals surface area contributed by atoms with Crippen LogP contribution in [0, 0.1) is 0 Å². The Labute approximate surface area is 104 Å². The van der Waals surface area contributed by atoms with E-state index < -0.39 is 0 Å². The van der Waals surface area contributed by atoms with Gasteiger partial charge in [-0.05, 0) is 43.8 Å². The summed E-state index contributed by atoms with van der Waals surface area (Å²) in [6, 6.07) is 10.8. The summed E-state index contributed by atoms with van der Waals surface area (Å²) in [6.45, 7) is 5.13. The first kappa shape index (κ1) is 12.6. The quantitative estimate of drug-likeness (QED) is 0.864. The molecule has 1 heterocycles. The molecule has 0 radical (unpaired) electrons. The molecule has 1 atom stereocenters. The molecule has 1 saturated heterocycles. The van der Waals surface area contributed by atoms with Crippen molar-refractivity contribution in [2.45, 2.75) is 38.2 Å². The lowest BCUT2D eigenvalue weighted by Gasteiger charge is -2.33. The number of hydrogen-bond acceptors (Lipinski definition) is 2. The van der Waals surface area contributed by atoms with Crippen molar-refractivity contribution in [1.82, 2.24) is 4.90 Å². The van der Waals surface area contributed by atoms with Crippen LogP contribution in [0.25, 0.3) is 0 Å². The van der Waals surface area contributed by atoms with Crippen LogP contribution in [0.5, 0.6) is 0 Å². The van der Waals surface area contributed by atoms with Crippen molar-refractivity contribution in [2.24, 2.45) is 0 Å². The van der Waals surface area contributed by atoms with Crippen molar-refractivity contribution in [3.8, 4) is 0 Å². The molecule has 0 aliphatic carbocycles. The van der Waals surface area contributed by atoms with E-state index >= 15 is 0 Å². The summed E-state index contributed by atoms with van der Waals surface area (Å²) in [5, 5.41) is 9.65. The van der Waals surface area contributed by atoms with E-state index in [9.17, 15) is 5.11 Å². The number of rotatable bonds is 4. The number of piperidine rings is 1. The number of nitrogens with zero attached hydrogens (tertiary/aromatic N) is 1. The molecule has 1 aromatic rings. The number of aliphatic hydroxyl groups excluding tert-OH is 1. The van der Waals surface area contributed by atoms with Gasteiger partial charge in [0, 0.05) is 6.54 Å². The van der Waals surface area contributed by atoms with Crippen molar-refractivity contribution in [1.29, 1.82) is 0 Å². The zero-order valence-corrected chi connectivity index (χ0v) is 10.7. The van der Waals surface area contributed by atoms with Gasteiger partial charge >= 0.3 is 0 Å². The molecular formula is C15H23NO. The summed E-state index contributed by atoms with van der Waals surface area (Å²) < 4.78 is 0. The third kappa shape index (κ3) is 3.55. The van der Waals surface area contributed by atoms with Crippen LogP contribution in [0.1, 0.15) is 37.7 Å². The van der Waals surface area contributed by atoms with Gasteiger partial charge in [-0.15, -0.1) is 0 Å². The minimum atomic E-state index is -0.150. The minimum Gasteiger partial charge on any atom is -0.392 e. The van der Waals surface area contributed by atoms with Crippen LogP contribution >= 0.6 is 0 Å². The second-order valence-electron chi connectivity index (χ2n) is 5.05. The topological polar surface area (TPSA) is 23.5 Å². The highest BCUT2D eigenvalue weighted by molar-refractivity contribution is 5.19. The summed E-state index contributed by atoms with van der Waals surface area (Å²) in [5.41, 5.74) is 1.48. The molecule has 94 valence electrons. The summed E-state index contributed by atoms with van der Waals surface area (Å²) in [6.07, 6.45) is 3.16. The van der Waals surface area contributed by atoms with Crippen LogP contribution in [-0.2, 0) is 0 Å². The number of hydrogen-bond donors (Lipinski definition) is 1. The molecule has 1 aliphatic rings. The maximum Gasteiger partial charge on any atom is 0.0664 e. The first-order valence-electron chi connectivity index (χ1n) is 6.75. The number of aliphatic hydroxyl groups is 1. The van der Waals surface area contributed by atoms with Gasteiger partial charge in [-0.25, -0.2) is 0 Å². The zero-order chi connectivity index (χ0) is 12.1. The van der Waals surface area contributed by atoms with Crippen LogP contribution in [0.3, 0.4) is 0 Å². The molecular weight excluding hydrogens is 210 g/mol. The molecule has 0 amide bonds. The summed E-state index contributed by atoms with van der Waals surface area (Å²) >= 11 is 0. The fourth-order valence-corrected chi connectivity index (χ4v) is 2.60. The maximum atomic E-state index is 9.65. The Morgan fingerprint density at radius 2 is 1.88 bits per heavy atom. The molecule has 1 fully saturated rings. The van der Waals surface area contributed by atoms with E-state index in [0.717, 1.165) is 26.1 Å². The Bertz CT molecular complexity index is 317. The van der Waals surface area contributed by atoms with E-state index in [4.69, 9.17) is 0 Å². The molecule has 2 rings (SSSR count).